The van der Waals surface area contributed by atoms with E-state index in [9.17, 15) is 9.18 Å². The fourth-order valence-corrected chi connectivity index (χ4v) is 3.04. The smallest absolute Gasteiger partial charge is 0.280 e. The van der Waals surface area contributed by atoms with E-state index in [0.717, 1.165) is 16.8 Å². The summed E-state index contributed by atoms with van der Waals surface area (Å²) in [5.41, 5.74) is 11.2. The van der Waals surface area contributed by atoms with Crippen molar-refractivity contribution in [2.75, 3.05) is 5.43 Å². The van der Waals surface area contributed by atoms with Gasteiger partial charge >= 0.3 is 0 Å². The molecule has 0 bridgehead atoms. The molecule has 0 fully saturated rings. The maximum absolute atomic E-state index is 13.2. The number of nitrogens with one attached hydrogen (secondary N) is 1. The van der Waals surface area contributed by atoms with Crippen molar-refractivity contribution in [2.45, 2.75) is 6.92 Å². The first kappa shape index (κ1) is 16.2. The Morgan fingerprint density at radius 1 is 1.27 bits per heavy atom. The second-order valence-electron chi connectivity index (χ2n) is 5.73. The summed E-state index contributed by atoms with van der Waals surface area (Å²) < 4.78 is 16.0. The van der Waals surface area contributed by atoms with Gasteiger partial charge in [-0.15, -0.1) is 0 Å². The molecule has 3 heterocycles. The van der Waals surface area contributed by atoms with Crippen LogP contribution in [-0.2, 0) is 0 Å². The molecule has 0 aliphatic carbocycles. The third kappa shape index (κ3) is 2.49. The lowest BCUT2D eigenvalue weighted by molar-refractivity contribution is 0.628. The summed E-state index contributed by atoms with van der Waals surface area (Å²) in [7, 11) is 0. The molecule has 3 aromatic heterocycles. The van der Waals surface area contributed by atoms with Gasteiger partial charge in [0.1, 0.15) is 5.82 Å². The predicted octanol–water partition coefficient (Wildman–Crippen LogP) is 1.95. The zero-order valence-corrected chi connectivity index (χ0v) is 14.4. The number of halogens is 1. The van der Waals surface area contributed by atoms with E-state index < -0.39 is 0 Å². The van der Waals surface area contributed by atoms with Gasteiger partial charge in [0.05, 0.1) is 16.6 Å². The van der Waals surface area contributed by atoms with Gasteiger partial charge in [0.25, 0.3) is 5.56 Å². The number of aryl methyl sites for hydroxylation is 1. The number of aromatic nitrogens is 4. The van der Waals surface area contributed by atoms with E-state index in [4.69, 9.17) is 18.0 Å². The van der Waals surface area contributed by atoms with E-state index in [0.29, 0.717) is 16.6 Å². The summed E-state index contributed by atoms with van der Waals surface area (Å²) in [4.78, 5) is 17.0. The largest absolute Gasteiger partial charge is 0.375 e. The number of hydrogen-bond donors (Lipinski definition) is 2. The van der Waals surface area contributed by atoms with Crippen LogP contribution >= 0.6 is 12.2 Å². The van der Waals surface area contributed by atoms with Gasteiger partial charge in [-0.25, -0.2) is 18.6 Å². The van der Waals surface area contributed by atoms with E-state index in [1.807, 2.05) is 6.92 Å². The highest BCUT2D eigenvalue weighted by Crippen LogP contribution is 2.28. The third-order valence-electron chi connectivity index (χ3n) is 4.05. The Morgan fingerprint density at radius 3 is 2.69 bits per heavy atom. The van der Waals surface area contributed by atoms with Gasteiger partial charge in [0.15, 0.2) is 10.8 Å². The Hall–Kier alpha value is -3.33. The van der Waals surface area contributed by atoms with Gasteiger partial charge in [0, 0.05) is 18.0 Å². The molecule has 0 atom stereocenters. The first-order valence-electron chi connectivity index (χ1n) is 7.68. The van der Waals surface area contributed by atoms with E-state index in [2.05, 4.69) is 15.5 Å². The van der Waals surface area contributed by atoms with Crippen molar-refractivity contribution < 1.29 is 4.39 Å². The molecule has 0 amide bonds. The molecule has 4 rings (SSSR count). The second kappa shape index (κ2) is 5.88. The number of hydrogen-bond acceptors (Lipinski definition) is 4. The molecular formula is C17H13FN6OS. The minimum atomic E-state index is -0.346. The monoisotopic (exact) mass is 368 g/mol. The molecule has 0 aliphatic rings. The van der Waals surface area contributed by atoms with Gasteiger partial charge in [-0.05, 0) is 42.9 Å². The van der Waals surface area contributed by atoms with Gasteiger partial charge in [-0.2, -0.15) is 5.10 Å². The number of thiocarbonyl (C=S) groups is 1. The van der Waals surface area contributed by atoms with Crippen LogP contribution in [0.2, 0.25) is 0 Å². The van der Waals surface area contributed by atoms with Crippen LogP contribution < -0.4 is 16.7 Å². The van der Waals surface area contributed by atoms with Crippen molar-refractivity contribution in [3.05, 3.63) is 64.6 Å². The molecule has 3 N–H and O–H groups in total. The molecule has 0 unspecified atom stereocenters. The number of nitrogens with zero attached hydrogens (tertiary/aromatic N) is 4. The van der Waals surface area contributed by atoms with Crippen molar-refractivity contribution in [3.8, 4) is 11.1 Å². The summed E-state index contributed by atoms with van der Waals surface area (Å²) in [5, 5.41) is 4.85. The fourth-order valence-electron chi connectivity index (χ4n) is 2.94. The van der Waals surface area contributed by atoms with Gasteiger partial charge in [-0.1, -0.05) is 12.1 Å². The zero-order chi connectivity index (χ0) is 18.4. The summed E-state index contributed by atoms with van der Waals surface area (Å²) in [6, 6.07) is 7.85. The average Bonchev–Trinajstić information content (AvgIpc) is 2.94. The first-order chi connectivity index (χ1) is 12.5. The van der Waals surface area contributed by atoms with Crippen molar-refractivity contribution in [3.63, 3.8) is 0 Å². The average molecular weight is 368 g/mol. The molecule has 0 aliphatic heterocycles. The van der Waals surface area contributed by atoms with Gasteiger partial charge in [-0.3, -0.25) is 10.2 Å². The van der Waals surface area contributed by atoms with E-state index in [-0.39, 0.29) is 16.5 Å². The molecule has 9 heteroatoms. The van der Waals surface area contributed by atoms with E-state index in [1.165, 1.54) is 29.2 Å². The minimum Gasteiger partial charge on any atom is -0.375 e. The van der Waals surface area contributed by atoms with Crippen LogP contribution in [0.1, 0.15) is 5.69 Å². The Balaban J connectivity index is 1.99. The fraction of sp³-hybridized carbons (Fsp3) is 0.0588. The van der Waals surface area contributed by atoms with Crippen molar-refractivity contribution >= 4 is 33.9 Å². The van der Waals surface area contributed by atoms with Crippen molar-refractivity contribution in [2.24, 2.45) is 5.73 Å². The van der Waals surface area contributed by atoms with Gasteiger partial charge in [0.2, 0.25) is 0 Å². The molecule has 1 aromatic carbocycles. The molecule has 26 heavy (non-hydrogen) atoms. The Kier molecular flexibility index (Phi) is 3.66. The number of fused-ring (bicyclic) bond motifs is 3. The van der Waals surface area contributed by atoms with Crippen molar-refractivity contribution in [1.82, 2.24) is 19.3 Å². The van der Waals surface area contributed by atoms with Crippen LogP contribution in [-0.4, -0.2) is 24.4 Å². The van der Waals surface area contributed by atoms with Crippen LogP contribution in [0.15, 0.2) is 47.5 Å². The Bertz CT molecular complexity index is 1230. The molecule has 0 spiro atoms. The van der Waals surface area contributed by atoms with Crippen LogP contribution in [0.5, 0.6) is 0 Å². The van der Waals surface area contributed by atoms with Crippen LogP contribution in [0.25, 0.3) is 27.7 Å². The zero-order valence-electron chi connectivity index (χ0n) is 13.6. The van der Waals surface area contributed by atoms with E-state index >= 15 is 0 Å². The first-order valence-corrected chi connectivity index (χ1v) is 8.08. The van der Waals surface area contributed by atoms with Crippen LogP contribution in [0, 0.1) is 12.7 Å². The SMILES string of the molecule is Cc1nn2c(ncc3c(=O)n(NC(N)=S)ccc32)c1-c1ccc(F)cc1. The number of rotatable bonds is 2. The summed E-state index contributed by atoms with van der Waals surface area (Å²) in [6.07, 6.45) is 3.01. The topological polar surface area (TPSA) is 90.2 Å². The third-order valence-corrected chi connectivity index (χ3v) is 4.14. The number of nitrogens with two attached hydrogens (primary N) is 1. The molecule has 0 saturated heterocycles. The number of benzene rings is 1. The lowest BCUT2D eigenvalue weighted by Crippen LogP contribution is -2.35. The highest BCUT2D eigenvalue weighted by Gasteiger charge is 2.16. The van der Waals surface area contributed by atoms with Crippen LogP contribution in [0.3, 0.4) is 0 Å². The highest BCUT2D eigenvalue weighted by atomic mass is 32.1. The van der Waals surface area contributed by atoms with Crippen molar-refractivity contribution in [1.29, 1.82) is 0 Å². The van der Waals surface area contributed by atoms with E-state index in [1.54, 1.807) is 22.7 Å². The summed E-state index contributed by atoms with van der Waals surface area (Å²) in [6.45, 7) is 1.84. The molecule has 0 saturated carbocycles. The lowest BCUT2D eigenvalue weighted by atomic mass is 10.1. The van der Waals surface area contributed by atoms with Crippen LogP contribution in [0.4, 0.5) is 4.39 Å². The molecular weight excluding hydrogens is 355 g/mol. The lowest BCUT2D eigenvalue weighted by Gasteiger charge is -2.08. The normalized spacial score (nSPS) is 11.2. The Labute approximate surface area is 151 Å². The highest BCUT2D eigenvalue weighted by molar-refractivity contribution is 7.80. The Morgan fingerprint density at radius 2 is 2.00 bits per heavy atom. The molecule has 7 nitrogen and oxygen atoms in total. The summed E-state index contributed by atoms with van der Waals surface area (Å²) in [5.74, 6) is -0.313. The quantitative estimate of drug-likeness (QED) is 0.526. The van der Waals surface area contributed by atoms with Gasteiger partial charge < -0.3 is 5.73 Å². The molecule has 130 valence electrons. The second-order valence-corrected chi connectivity index (χ2v) is 6.17. The molecule has 4 aromatic rings. The maximum Gasteiger partial charge on any atom is 0.280 e. The maximum atomic E-state index is 13.2. The molecule has 0 radical (unpaired) electrons. The number of pyridine rings is 1. The predicted molar refractivity (Wildman–Crippen MR) is 101 cm³/mol. The summed E-state index contributed by atoms with van der Waals surface area (Å²) >= 11 is 4.77. The standard InChI is InChI=1S/C17H13FN6OS/c1-9-14(10-2-4-11(18)5-3-10)15-20-8-12-13(24(15)21-9)6-7-23(16(12)25)22-17(19)26/h2-8H,1H3,(H3,19,22,26). The minimum absolute atomic E-state index is 0.0194.